The van der Waals surface area contributed by atoms with Gasteiger partial charge in [0, 0.05) is 17.0 Å². The number of hydrazone groups is 1. The number of amides is 1. The van der Waals surface area contributed by atoms with Crippen molar-refractivity contribution in [2.24, 2.45) is 11.0 Å². The fraction of sp³-hybridized carbons (Fsp3) is 0.467. The molecule has 1 saturated carbocycles. The number of hydrogen-bond acceptors (Lipinski definition) is 4. The Morgan fingerprint density at radius 1 is 1.30 bits per heavy atom. The molecule has 3 rings (SSSR count). The average molecular weight is 327 g/mol. The smallest absolute Gasteiger partial charge is 0.399 e. The van der Waals surface area contributed by atoms with Gasteiger partial charge in [-0.05, 0) is 43.5 Å². The lowest BCUT2D eigenvalue weighted by atomic mass is 9.80. The third kappa shape index (κ3) is 2.37. The summed E-state index contributed by atoms with van der Waals surface area (Å²) in [5.41, 5.74) is 2.84. The zero-order chi connectivity index (χ0) is 16.8. The van der Waals surface area contributed by atoms with E-state index in [2.05, 4.69) is 5.10 Å². The van der Waals surface area contributed by atoms with Gasteiger partial charge in [0.1, 0.15) is 0 Å². The van der Waals surface area contributed by atoms with Gasteiger partial charge in [-0.15, -0.1) is 0 Å². The summed E-state index contributed by atoms with van der Waals surface area (Å²) in [6.45, 7) is 0. The van der Waals surface area contributed by atoms with Crippen LogP contribution in [0.25, 0.3) is 0 Å². The topological polar surface area (TPSA) is 78.9 Å². The van der Waals surface area contributed by atoms with Gasteiger partial charge in [-0.1, -0.05) is 6.42 Å². The van der Waals surface area contributed by atoms with E-state index in [0.29, 0.717) is 24.9 Å². The first-order valence-electron chi connectivity index (χ1n) is 7.31. The molecular weight excluding hydrogens is 311 g/mol. The molecule has 2 aliphatic rings. The van der Waals surface area contributed by atoms with Crippen molar-refractivity contribution in [1.82, 2.24) is 5.01 Å². The zero-order valence-corrected chi connectivity index (χ0v) is 12.2. The fourth-order valence-electron chi connectivity index (χ4n) is 3.17. The third-order valence-corrected chi connectivity index (χ3v) is 4.38. The van der Waals surface area contributed by atoms with Gasteiger partial charge in [-0.3, -0.25) is 4.79 Å². The number of nitrogens with zero attached hydrogens (tertiary/aromatic N) is 2. The third-order valence-electron chi connectivity index (χ3n) is 4.38. The van der Waals surface area contributed by atoms with Crippen molar-refractivity contribution in [3.05, 3.63) is 29.8 Å². The van der Waals surface area contributed by atoms with Crippen molar-refractivity contribution in [3.8, 4) is 0 Å². The van der Waals surface area contributed by atoms with Crippen LogP contribution in [0.4, 0.5) is 18.9 Å². The van der Waals surface area contributed by atoms with Gasteiger partial charge < -0.3 is 10.8 Å². The SMILES string of the molecule is Nc1ccc(C(=O)N2N=C3CCCC[C@H]3[C@@]2(O)C(F)(F)F)cc1. The highest BCUT2D eigenvalue weighted by Gasteiger charge is 2.68. The first-order chi connectivity index (χ1) is 10.7. The lowest BCUT2D eigenvalue weighted by Gasteiger charge is -2.38. The van der Waals surface area contributed by atoms with Gasteiger partial charge in [-0.2, -0.15) is 23.3 Å². The van der Waals surface area contributed by atoms with Crippen LogP contribution in [0.2, 0.25) is 0 Å². The number of carbonyl (C=O) groups is 1. The zero-order valence-electron chi connectivity index (χ0n) is 12.2. The Hall–Kier alpha value is -2.09. The van der Waals surface area contributed by atoms with Gasteiger partial charge in [0.05, 0.1) is 5.92 Å². The molecule has 5 nitrogen and oxygen atoms in total. The van der Waals surface area contributed by atoms with Crippen molar-refractivity contribution in [1.29, 1.82) is 0 Å². The Morgan fingerprint density at radius 2 is 1.96 bits per heavy atom. The molecule has 1 aliphatic carbocycles. The van der Waals surface area contributed by atoms with E-state index in [0.717, 1.165) is 0 Å². The largest absolute Gasteiger partial charge is 0.439 e. The van der Waals surface area contributed by atoms with Gasteiger partial charge in [-0.25, -0.2) is 0 Å². The Balaban J connectivity index is 2.03. The molecule has 3 N–H and O–H groups in total. The fourth-order valence-corrected chi connectivity index (χ4v) is 3.17. The van der Waals surface area contributed by atoms with Crippen LogP contribution in [-0.2, 0) is 0 Å². The van der Waals surface area contributed by atoms with Crippen LogP contribution >= 0.6 is 0 Å². The van der Waals surface area contributed by atoms with Crippen LogP contribution in [-0.4, -0.2) is 33.6 Å². The van der Waals surface area contributed by atoms with E-state index in [1.807, 2.05) is 0 Å². The van der Waals surface area contributed by atoms with Crippen LogP contribution < -0.4 is 5.73 Å². The lowest BCUT2D eigenvalue weighted by molar-refractivity contribution is -0.312. The standard InChI is InChI=1S/C15H16F3N3O2/c16-15(17,18)14(23)11-3-1-2-4-12(11)20-21(14)13(22)9-5-7-10(19)8-6-9/h5-8,11,23H,1-4,19H2/t11-,14-/m1/s1. The number of aliphatic hydroxyl groups is 1. The number of halogens is 3. The van der Waals surface area contributed by atoms with E-state index >= 15 is 0 Å². The Kier molecular flexibility index (Phi) is 3.59. The minimum Gasteiger partial charge on any atom is -0.399 e. The molecule has 124 valence electrons. The molecule has 8 heteroatoms. The molecule has 0 radical (unpaired) electrons. The van der Waals surface area contributed by atoms with Crippen molar-refractivity contribution < 1.29 is 23.1 Å². The molecule has 1 heterocycles. The highest BCUT2D eigenvalue weighted by molar-refractivity contribution is 5.99. The molecule has 0 aromatic heterocycles. The molecule has 0 saturated heterocycles. The van der Waals surface area contributed by atoms with Gasteiger partial charge in [0.15, 0.2) is 0 Å². The van der Waals surface area contributed by atoms with Crippen LogP contribution in [0, 0.1) is 5.92 Å². The molecule has 1 amide bonds. The second-order valence-electron chi connectivity index (χ2n) is 5.85. The van der Waals surface area contributed by atoms with Gasteiger partial charge in [0.2, 0.25) is 0 Å². The highest BCUT2D eigenvalue weighted by Crippen LogP contribution is 2.48. The maximum absolute atomic E-state index is 13.6. The maximum Gasteiger partial charge on any atom is 0.439 e. The summed E-state index contributed by atoms with van der Waals surface area (Å²) in [4.78, 5) is 12.5. The molecule has 23 heavy (non-hydrogen) atoms. The predicted octanol–water partition coefficient (Wildman–Crippen LogP) is 2.52. The Labute approximate surface area is 130 Å². The predicted molar refractivity (Wildman–Crippen MR) is 77.4 cm³/mol. The summed E-state index contributed by atoms with van der Waals surface area (Å²) in [7, 11) is 0. The Bertz CT molecular complexity index is 657. The second kappa shape index (κ2) is 5.23. The number of rotatable bonds is 1. The van der Waals surface area contributed by atoms with Crippen molar-refractivity contribution in [2.75, 3.05) is 5.73 Å². The maximum atomic E-state index is 13.6. The van der Waals surface area contributed by atoms with Crippen LogP contribution in [0.1, 0.15) is 36.0 Å². The molecule has 1 aromatic carbocycles. The van der Waals surface area contributed by atoms with Crippen molar-refractivity contribution in [2.45, 2.75) is 37.6 Å². The molecule has 2 atom stereocenters. The minimum atomic E-state index is -5.00. The summed E-state index contributed by atoms with van der Waals surface area (Å²) >= 11 is 0. The van der Waals surface area contributed by atoms with Gasteiger partial charge in [0.25, 0.3) is 11.6 Å². The average Bonchev–Trinajstić information content (AvgIpc) is 2.82. The second-order valence-corrected chi connectivity index (χ2v) is 5.85. The molecule has 0 unspecified atom stereocenters. The van der Waals surface area contributed by atoms with E-state index in [9.17, 15) is 23.1 Å². The van der Waals surface area contributed by atoms with Crippen molar-refractivity contribution in [3.63, 3.8) is 0 Å². The molecule has 1 aliphatic heterocycles. The summed E-state index contributed by atoms with van der Waals surface area (Å²) < 4.78 is 40.7. The van der Waals surface area contributed by atoms with Gasteiger partial charge >= 0.3 is 6.18 Å². The van der Waals surface area contributed by atoms with Crippen molar-refractivity contribution >= 4 is 17.3 Å². The molecule has 0 bridgehead atoms. The minimum absolute atomic E-state index is 0.00938. The number of alkyl halides is 3. The molecule has 1 aromatic rings. The Morgan fingerprint density at radius 3 is 2.57 bits per heavy atom. The number of hydrogen-bond donors (Lipinski definition) is 2. The van der Waals surface area contributed by atoms with E-state index in [1.165, 1.54) is 24.3 Å². The number of fused-ring (bicyclic) bond motifs is 1. The summed E-state index contributed by atoms with van der Waals surface area (Å²) in [5, 5.41) is 14.4. The molecular formula is C15H16F3N3O2. The monoisotopic (exact) mass is 327 g/mol. The molecule has 1 fully saturated rings. The van der Waals surface area contributed by atoms with Crippen LogP contribution in [0.15, 0.2) is 29.4 Å². The van der Waals surface area contributed by atoms with Crippen LogP contribution in [0.5, 0.6) is 0 Å². The normalized spacial score (nSPS) is 27.6. The summed E-state index contributed by atoms with van der Waals surface area (Å²) in [5.74, 6) is -2.19. The summed E-state index contributed by atoms with van der Waals surface area (Å²) in [6.07, 6.45) is -3.22. The summed E-state index contributed by atoms with van der Waals surface area (Å²) in [6, 6.07) is 5.46. The quantitative estimate of drug-likeness (QED) is 0.778. The first kappa shape index (κ1) is 15.8. The lowest BCUT2D eigenvalue weighted by Crippen LogP contribution is -2.61. The van der Waals surface area contributed by atoms with E-state index in [-0.39, 0.29) is 22.7 Å². The highest BCUT2D eigenvalue weighted by atomic mass is 19.4. The number of anilines is 1. The number of nitrogen functional groups attached to an aromatic ring is 1. The first-order valence-corrected chi connectivity index (χ1v) is 7.31. The van der Waals surface area contributed by atoms with E-state index < -0.39 is 23.7 Å². The number of carbonyl (C=O) groups excluding carboxylic acids is 1. The van der Waals surface area contributed by atoms with Crippen LogP contribution in [0.3, 0.4) is 0 Å². The van der Waals surface area contributed by atoms with E-state index in [4.69, 9.17) is 5.73 Å². The number of nitrogens with two attached hydrogens (primary N) is 1. The van der Waals surface area contributed by atoms with E-state index in [1.54, 1.807) is 0 Å². The molecule has 0 spiro atoms. The number of benzene rings is 1.